The van der Waals surface area contributed by atoms with Gasteiger partial charge < -0.3 is 0 Å². The van der Waals surface area contributed by atoms with E-state index in [2.05, 4.69) is 0 Å². The van der Waals surface area contributed by atoms with Crippen molar-refractivity contribution in [2.75, 3.05) is 13.1 Å². The molecule has 0 N–H and O–H groups in total. The topological polar surface area (TPSA) is 54.5 Å². The molecule has 1 unspecified atom stereocenters. The van der Waals surface area contributed by atoms with Crippen LogP contribution in [0.2, 0.25) is 0 Å². The Morgan fingerprint density at radius 3 is 2.42 bits per heavy atom. The number of alkyl halides is 3. The molecule has 1 aliphatic carbocycles. The second kappa shape index (κ2) is 11.2. The van der Waals surface area contributed by atoms with E-state index in [1.807, 2.05) is 6.92 Å². The number of halogens is 3. The van der Waals surface area contributed by atoms with Gasteiger partial charge >= 0.3 is 6.18 Å². The molecular formula is C25H34F3NO3S. The maximum absolute atomic E-state index is 13.6. The van der Waals surface area contributed by atoms with Crippen LogP contribution in [0.1, 0.15) is 69.8 Å². The van der Waals surface area contributed by atoms with Crippen LogP contribution in [0.5, 0.6) is 0 Å². The maximum atomic E-state index is 13.6. The van der Waals surface area contributed by atoms with Gasteiger partial charge in [0.2, 0.25) is 10.0 Å². The number of carbonyl (C=O) groups is 1. The zero-order chi connectivity index (χ0) is 24.1. The van der Waals surface area contributed by atoms with E-state index < -0.39 is 27.7 Å². The molecule has 0 amide bonds. The summed E-state index contributed by atoms with van der Waals surface area (Å²) in [6.07, 6.45) is 3.63. The lowest BCUT2D eigenvalue weighted by Crippen LogP contribution is -2.44. The van der Waals surface area contributed by atoms with Crippen molar-refractivity contribution in [2.45, 2.75) is 82.2 Å². The molecule has 0 spiro atoms. The highest BCUT2D eigenvalue weighted by molar-refractivity contribution is 7.89. The van der Waals surface area contributed by atoms with Gasteiger partial charge in [-0.1, -0.05) is 62.3 Å². The predicted octanol–water partition coefficient (Wildman–Crippen LogP) is 6.20. The van der Waals surface area contributed by atoms with E-state index in [0.717, 1.165) is 30.9 Å². The Balaban J connectivity index is 1.64. The lowest BCUT2D eigenvalue weighted by Gasteiger charge is -2.30. The summed E-state index contributed by atoms with van der Waals surface area (Å²) >= 11 is 0. The molecule has 1 saturated carbocycles. The quantitative estimate of drug-likeness (QED) is 0.412. The number of benzene rings is 1. The average molecular weight is 486 g/mol. The molecule has 1 saturated heterocycles. The van der Waals surface area contributed by atoms with Crippen molar-refractivity contribution in [3.8, 4) is 0 Å². The number of piperidine rings is 1. The number of rotatable bonds is 8. The lowest BCUT2D eigenvalue weighted by atomic mass is 9.85. The number of ketones is 1. The van der Waals surface area contributed by atoms with Crippen LogP contribution in [-0.2, 0) is 14.8 Å². The fourth-order valence-corrected chi connectivity index (χ4v) is 6.35. The van der Waals surface area contributed by atoms with Crippen LogP contribution in [0, 0.1) is 18.8 Å². The van der Waals surface area contributed by atoms with Gasteiger partial charge in [-0.15, -0.1) is 0 Å². The molecule has 1 heterocycles. The minimum absolute atomic E-state index is 0.0205. The summed E-state index contributed by atoms with van der Waals surface area (Å²) in [5.74, 6) is -0.409. The average Bonchev–Trinajstić information content (AvgIpc) is 2.77. The zero-order valence-electron chi connectivity index (χ0n) is 19.2. The molecule has 1 aromatic carbocycles. The molecule has 0 bridgehead atoms. The van der Waals surface area contributed by atoms with Crippen molar-refractivity contribution in [3.63, 3.8) is 0 Å². The third-order valence-corrected chi connectivity index (χ3v) is 8.82. The van der Waals surface area contributed by atoms with Gasteiger partial charge in [-0.2, -0.15) is 17.5 Å². The normalized spacial score (nSPS) is 22.0. The number of carbonyl (C=O) groups excluding carboxylic acids is 1. The summed E-state index contributed by atoms with van der Waals surface area (Å²) in [5, 5.41) is 0. The molecule has 1 aliphatic heterocycles. The van der Waals surface area contributed by atoms with E-state index >= 15 is 0 Å². The van der Waals surface area contributed by atoms with E-state index in [1.54, 1.807) is 12.1 Å². The van der Waals surface area contributed by atoms with Gasteiger partial charge in [-0.05, 0) is 44.2 Å². The molecule has 1 atom stereocenters. The van der Waals surface area contributed by atoms with Crippen LogP contribution in [-0.4, -0.2) is 37.8 Å². The fourth-order valence-electron chi connectivity index (χ4n) is 4.86. The molecule has 1 aromatic rings. The Hall–Kier alpha value is -1.67. The monoisotopic (exact) mass is 485 g/mol. The Morgan fingerprint density at radius 1 is 1.12 bits per heavy atom. The number of sulfonamides is 1. The highest BCUT2D eigenvalue weighted by Crippen LogP contribution is 2.34. The van der Waals surface area contributed by atoms with Gasteiger partial charge in [0.15, 0.2) is 0 Å². The largest absolute Gasteiger partial charge is 0.412 e. The summed E-state index contributed by atoms with van der Waals surface area (Å²) in [7, 11) is -3.79. The molecule has 0 radical (unpaired) electrons. The minimum Gasteiger partial charge on any atom is -0.299 e. The van der Waals surface area contributed by atoms with Crippen LogP contribution >= 0.6 is 0 Å². The highest BCUT2D eigenvalue weighted by atomic mass is 32.2. The first-order valence-corrected chi connectivity index (χ1v) is 13.4. The van der Waals surface area contributed by atoms with Crippen LogP contribution in [0.25, 0.3) is 0 Å². The van der Waals surface area contributed by atoms with Gasteiger partial charge in [-0.3, -0.25) is 4.79 Å². The van der Waals surface area contributed by atoms with Crippen LogP contribution in [0.3, 0.4) is 0 Å². The number of Topliss-reactive ketones (excluding diaryl/α,β-unsaturated/α-hetero) is 1. The van der Waals surface area contributed by atoms with E-state index in [0.29, 0.717) is 12.3 Å². The number of aryl methyl sites for hydroxylation is 1. The predicted molar refractivity (Wildman–Crippen MR) is 122 cm³/mol. The Morgan fingerprint density at radius 2 is 1.79 bits per heavy atom. The number of nitrogens with zero attached hydrogens (tertiary/aromatic N) is 1. The highest BCUT2D eigenvalue weighted by Gasteiger charge is 2.36. The van der Waals surface area contributed by atoms with E-state index in [-0.39, 0.29) is 43.0 Å². The molecule has 184 valence electrons. The van der Waals surface area contributed by atoms with Gasteiger partial charge in [0, 0.05) is 31.0 Å². The smallest absolute Gasteiger partial charge is 0.299 e. The summed E-state index contributed by atoms with van der Waals surface area (Å²) in [5.41, 5.74) is 0.332. The maximum Gasteiger partial charge on any atom is 0.412 e. The number of hydrogen-bond acceptors (Lipinski definition) is 3. The standard InChI is InChI=1S/C25H34F3NO3S/c1-19-10-14-23(15-11-19)33(31,32)29-17-16-24(30)21(18-29)12-13-22(25(26,27)28)9-5-8-20-6-3-2-4-7-20/h10-11,13-15,20-21H,2-9,12,16-18H2,1H3. The molecule has 33 heavy (non-hydrogen) atoms. The Labute approximate surface area is 195 Å². The van der Waals surface area contributed by atoms with Crippen molar-refractivity contribution < 1.29 is 26.4 Å². The first kappa shape index (κ1) is 25.9. The van der Waals surface area contributed by atoms with Crippen molar-refractivity contribution in [2.24, 2.45) is 11.8 Å². The SMILES string of the molecule is Cc1ccc(S(=O)(=O)N2CCC(=O)C(CC=C(CCCC3CCCCC3)C(F)(F)F)C2)cc1. The molecule has 8 heteroatoms. The second-order valence-corrected chi connectivity index (χ2v) is 11.4. The van der Waals surface area contributed by atoms with Gasteiger partial charge in [0.05, 0.1) is 4.90 Å². The van der Waals surface area contributed by atoms with E-state index in [1.165, 1.54) is 35.7 Å². The molecule has 2 aliphatic rings. The molecule has 2 fully saturated rings. The van der Waals surface area contributed by atoms with Crippen molar-refractivity contribution in [3.05, 3.63) is 41.5 Å². The zero-order valence-corrected chi connectivity index (χ0v) is 20.1. The van der Waals surface area contributed by atoms with Crippen molar-refractivity contribution >= 4 is 15.8 Å². The minimum atomic E-state index is -4.43. The fraction of sp³-hybridized carbons (Fsp3) is 0.640. The van der Waals surface area contributed by atoms with Crippen molar-refractivity contribution in [1.29, 1.82) is 0 Å². The van der Waals surface area contributed by atoms with Gasteiger partial charge in [0.1, 0.15) is 5.78 Å². The summed E-state index contributed by atoms with van der Waals surface area (Å²) in [6.45, 7) is 1.83. The van der Waals surface area contributed by atoms with E-state index in [9.17, 15) is 26.4 Å². The third-order valence-electron chi connectivity index (χ3n) is 6.94. The molecular weight excluding hydrogens is 451 g/mol. The number of hydrogen-bond donors (Lipinski definition) is 0. The van der Waals surface area contributed by atoms with E-state index in [4.69, 9.17) is 0 Å². The first-order chi connectivity index (χ1) is 15.6. The summed E-state index contributed by atoms with van der Waals surface area (Å²) in [6, 6.07) is 6.43. The van der Waals surface area contributed by atoms with Crippen LogP contribution in [0.4, 0.5) is 13.2 Å². The molecule has 0 aromatic heterocycles. The first-order valence-electron chi connectivity index (χ1n) is 11.9. The lowest BCUT2D eigenvalue weighted by molar-refractivity contribution is -0.125. The Kier molecular flexibility index (Phi) is 8.78. The number of allylic oxidation sites excluding steroid dienone is 2. The molecule has 4 nitrogen and oxygen atoms in total. The van der Waals surface area contributed by atoms with Crippen LogP contribution in [0.15, 0.2) is 40.8 Å². The van der Waals surface area contributed by atoms with Gasteiger partial charge in [0.25, 0.3) is 0 Å². The van der Waals surface area contributed by atoms with Gasteiger partial charge in [-0.25, -0.2) is 8.42 Å². The van der Waals surface area contributed by atoms with Crippen molar-refractivity contribution in [1.82, 2.24) is 4.31 Å². The molecule has 3 rings (SSSR count). The van der Waals surface area contributed by atoms with Crippen LogP contribution < -0.4 is 0 Å². The third kappa shape index (κ3) is 7.15. The second-order valence-electron chi connectivity index (χ2n) is 9.45. The Bertz CT molecular complexity index is 933. The summed E-state index contributed by atoms with van der Waals surface area (Å²) < 4.78 is 67.9. The summed E-state index contributed by atoms with van der Waals surface area (Å²) in [4.78, 5) is 12.5.